The van der Waals surface area contributed by atoms with Crippen LogP contribution in [0.2, 0.25) is 0 Å². The summed E-state index contributed by atoms with van der Waals surface area (Å²) in [6.07, 6.45) is 3.18. The molecular weight excluding hydrogens is 326 g/mol. The van der Waals surface area contributed by atoms with Crippen molar-refractivity contribution in [2.45, 2.75) is 44.6 Å². The van der Waals surface area contributed by atoms with E-state index in [2.05, 4.69) is 24.1 Å². The van der Waals surface area contributed by atoms with E-state index < -0.39 is 5.41 Å². The molecule has 0 aliphatic carbocycles. The van der Waals surface area contributed by atoms with Crippen LogP contribution in [0.1, 0.15) is 48.9 Å². The maximum Gasteiger partial charge on any atom is 0.176 e. The number of ketones is 1. The van der Waals surface area contributed by atoms with Crippen molar-refractivity contribution in [2.75, 3.05) is 20.1 Å². The van der Waals surface area contributed by atoms with Gasteiger partial charge in [0.25, 0.3) is 0 Å². The molecule has 3 rings (SSSR count). The van der Waals surface area contributed by atoms with E-state index >= 15 is 0 Å². The monoisotopic (exact) mass is 351 g/mol. The minimum atomic E-state index is -0.777. The molecule has 136 valence electrons. The van der Waals surface area contributed by atoms with E-state index in [0.717, 1.165) is 25.9 Å². The Bertz CT molecular complexity index is 720. The highest BCUT2D eigenvalue weighted by Gasteiger charge is 2.53. The zero-order valence-electron chi connectivity index (χ0n) is 15.3. The van der Waals surface area contributed by atoms with Crippen LogP contribution in [0.4, 0.5) is 0 Å². The summed E-state index contributed by atoms with van der Waals surface area (Å²) in [6, 6.07) is 11.8. The Hall–Kier alpha value is -2.37. The number of likely N-dealkylation sites (tertiary alicyclic amines) is 1. The predicted octanol–water partition coefficient (Wildman–Crippen LogP) is 3.57. The molecule has 1 aromatic carbocycles. The molecule has 1 fully saturated rings. The molecule has 1 saturated heterocycles. The van der Waals surface area contributed by atoms with Crippen LogP contribution in [-0.2, 0) is 0 Å². The van der Waals surface area contributed by atoms with Gasteiger partial charge in [0, 0.05) is 12.8 Å². The van der Waals surface area contributed by atoms with E-state index in [0.29, 0.717) is 37.0 Å². The average molecular weight is 351 g/mol. The fraction of sp³-hybridized carbons (Fsp3) is 0.571. The Kier molecular flexibility index (Phi) is 5.59. The van der Waals surface area contributed by atoms with Crippen molar-refractivity contribution in [3.63, 3.8) is 0 Å². The Morgan fingerprint density at radius 3 is 2.38 bits per heavy atom. The number of nitrogens with zero attached hydrogens (tertiary/aromatic N) is 3. The summed E-state index contributed by atoms with van der Waals surface area (Å²) in [7, 11) is 2.11. The van der Waals surface area contributed by atoms with Gasteiger partial charge in [0.2, 0.25) is 0 Å². The van der Waals surface area contributed by atoms with Crippen molar-refractivity contribution in [3.8, 4) is 17.9 Å². The van der Waals surface area contributed by atoms with Crippen LogP contribution in [0.5, 0.6) is 5.75 Å². The van der Waals surface area contributed by atoms with Gasteiger partial charge in [-0.15, -0.1) is 0 Å². The Labute approximate surface area is 155 Å². The molecule has 0 amide bonds. The second-order valence-electron chi connectivity index (χ2n) is 7.48. The lowest BCUT2D eigenvalue weighted by atomic mass is 9.63. The summed E-state index contributed by atoms with van der Waals surface area (Å²) in [5.74, 6) is 0.959. The van der Waals surface area contributed by atoms with Gasteiger partial charge in [-0.1, -0.05) is 12.1 Å². The van der Waals surface area contributed by atoms with Gasteiger partial charge in [0.15, 0.2) is 5.78 Å². The van der Waals surface area contributed by atoms with Gasteiger partial charge in [0.1, 0.15) is 11.9 Å². The normalized spacial score (nSPS) is 22.7. The maximum absolute atomic E-state index is 13.6. The van der Waals surface area contributed by atoms with E-state index in [-0.39, 0.29) is 17.8 Å². The van der Waals surface area contributed by atoms with E-state index in [1.165, 1.54) is 0 Å². The Morgan fingerprint density at radius 2 is 1.77 bits per heavy atom. The van der Waals surface area contributed by atoms with Gasteiger partial charge >= 0.3 is 0 Å². The van der Waals surface area contributed by atoms with Crippen LogP contribution in [0.15, 0.2) is 24.3 Å². The van der Waals surface area contributed by atoms with Crippen LogP contribution in [0.3, 0.4) is 0 Å². The number of benzene rings is 1. The van der Waals surface area contributed by atoms with Crippen molar-refractivity contribution < 1.29 is 9.53 Å². The van der Waals surface area contributed by atoms with Gasteiger partial charge in [-0.25, -0.2) is 0 Å². The first-order valence-corrected chi connectivity index (χ1v) is 9.35. The topological polar surface area (TPSA) is 77.1 Å². The molecule has 5 nitrogen and oxygen atoms in total. The number of para-hydroxylation sites is 1. The molecule has 0 radical (unpaired) electrons. The van der Waals surface area contributed by atoms with Crippen molar-refractivity contribution >= 4 is 5.78 Å². The second-order valence-corrected chi connectivity index (χ2v) is 7.48. The summed E-state index contributed by atoms with van der Waals surface area (Å²) in [6.45, 7) is 1.96. The van der Waals surface area contributed by atoms with Crippen LogP contribution in [0.25, 0.3) is 0 Å². The van der Waals surface area contributed by atoms with E-state index in [9.17, 15) is 15.3 Å². The molecule has 5 heteroatoms. The smallest absolute Gasteiger partial charge is 0.176 e. The van der Waals surface area contributed by atoms with Crippen molar-refractivity contribution in [3.05, 3.63) is 29.8 Å². The molecule has 1 atom stereocenters. The third-order valence-corrected chi connectivity index (χ3v) is 5.94. The first-order chi connectivity index (χ1) is 12.6. The Balaban J connectivity index is 2.03. The molecule has 0 spiro atoms. The number of nitriles is 2. The molecule has 0 bridgehead atoms. The van der Waals surface area contributed by atoms with Crippen LogP contribution in [-0.4, -0.2) is 36.9 Å². The van der Waals surface area contributed by atoms with Crippen LogP contribution in [0, 0.1) is 34.0 Å². The van der Waals surface area contributed by atoms with Crippen molar-refractivity contribution in [1.29, 1.82) is 10.5 Å². The molecule has 0 saturated carbocycles. The molecule has 26 heavy (non-hydrogen) atoms. The largest absolute Gasteiger partial charge is 0.488 e. The number of carbonyl (C=O) groups is 1. The SMILES string of the molecule is CN1CCC(C2Oc3ccccc3C(=O)C2(CCC#N)CCC#N)CC1. The fourth-order valence-corrected chi connectivity index (χ4v) is 4.48. The average Bonchev–Trinajstić information content (AvgIpc) is 2.67. The highest BCUT2D eigenvalue weighted by atomic mass is 16.5. The van der Waals surface area contributed by atoms with Crippen molar-refractivity contribution in [2.24, 2.45) is 11.3 Å². The number of ether oxygens (including phenoxy) is 1. The number of hydrogen-bond acceptors (Lipinski definition) is 5. The number of piperidine rings is 1. The predicted molar refractivity (Wildman–Crippen MR) is 97.5 cm³/mol. The maximum atomic E-state index is 13.6. The molecule has 2 heterocycles. The van der Waals surface area contributed by atoms with Gasteiger partial charge < -0.3 is 9.64 Å². The van der Waals surface area contributed by atoms with Gasteiger partial charge in [0.05, 0.1) is 23.1 Å². The number of fused-ring (bicyclic) bond motifs is 1. The standard InChI is InChI=1S/C21H25N3O2/c1-24-14-8-16(9-15-24)20-21(10-4-12-22,11-5-13-23)19(25)17-6-2-3-7-18(17)26-20/h2-3,6-7,16,20H,4-5,8-11,14-15H2,1H3. The lowest BCUT2D eigenvalue weighted by Crippen LogP contribution is -2.54. The molecule has 2 aliphatic rings. The summed E-state index contributed by atoms with van der Waals surface area (Å²) in [5, 5.41) is 18.4. The minimum absolute atomic E-state index is 0.0498. The van der Waals surface area contributed by atoms with Gasteiger partial charge in [-0.2, -0.15) is 10.5 Å². The Morgan fingerprint density at radius 1 is 1.15 bits per heavy atom. The summed E-state index contributed by atoms with van der Waals surface area (Å²) >= 11 is 0. The first-order valence-electron chi connectivity index (χ1n) is 9.35. The summed E-state index contributed by atoms with van der Waals surface area (Å²) in [4.78, 5) is 15.9. The zero-order valence-corrected chi connectivity index (χ0v) is 15.3. The summed E-state index contributed by atoms with van der Waals surface area (Å²) < 4.78 is 6.43. The van der Waals surface area contributed by atoms with Gasteiger partial charge in [-0.3, -0.25) is 4.79 Å². The fourth-order valence-electron chi connectivity index (χ4n) is 4.48. The van der Waals surface area contributed by atoms with Crippen LogP contribution < -0.4 is 4.74 Å². The third-order valence-electron chi connectivity index (χ3n) is 5.94. The number of rotatable bonds is 5. The number of carbonyl (C=O) groups excluding carboxylic acids is 1. The third kappa shape index (κ3) is 3.32. The molecule has 1 aromatic rings. The number of Topliss-reactive ketones (excluding diaryl/α,β-unsaturated/α-hetero) is 1. The van der Waals surface area contributed by atoms with Gasteiger partial charge in [-0.05, 0) is 63.9 Å². The zero-order chi connectivity index (χ0) is 18.6. The lowest BCUT2D eigenvalue weighted by molar-refractivity contribution is -0.0247. The highest BCUT2D eigenvalue weighted by molar-refractivity contribution is 6.04. The highest BCUT2D eigenvalue weighted by Crippen LogP contribution is 2.49. The molecule has 0 aromatic heterocycles. The lowest BCUT2D eigenvalue weighted by Gasteiger charge is -2.47. The van der Waals surface area contributed by atoms with E-state index in [1.54, 1.807) is 6.07 Å². The molecule has 2 aliphatic heterocycles. The molecule has 0 N–H and O–H groups in total. The quantitative estimate of drug-likeness (QED) is 0.810. The van der Waals surface area contributed by atoms with E-state index in [4.69, 9.17) is 4.74 Å². The van der Waals surface area contributed by atoms with E-state index in [1.807, 2.05) is 18.2 Å². The minimum Gasteiger partial charge on any atom is -0.488 e. The first kappa shape index (κ1) is 18.4. The molecular formula is C21H25N3O2. The van der Waals surface area contributed by atoms with Crippen LogP contribution >= 0.6 is 0 Å². The second kappa shape index (κ2) is 7.89. The number of hydrogen-bond donors (Lipinski definition) is 0. The summed E-state index contributed by atoms with van der Waals surface area (Å²) in [5.41, 5.74) is -0.187. The van der Waals surface area contributed by atoms with Crippen molar-refractivity contribution in [1.82, 2.24) is 4.90 Å². The molecule has 1 unspecified atom stereocenters.